The molecule has 11 nitrogen and oxygen atoms in total. The number of aldehydes is 1. The van der Waals surface area contributed by atoms with E-state index in [1.807, 2.05) is 6.92 Å². The first-order valence-electron chi connectivity index (χ1n) is 12.7. The van der Waals surface area contributed by atoms with Gasteiger partial charge in [-0.1, -0.05) is 23.7 Å². The summed E-state index contributed by atoms with van der Waals surface area (Å²) in [6, 6.07) is 10.0. The number of hydrogen-bond donors (Lipinski definition) is 3. The maximum atomic E-state index is 13.6. The van der Waals surface area contributed by atoms with Crippen molar-refractivity contribution in [3.8, 4) is 0 Å². The number of carbonyl (C=O) groups is 3. The van der Waals surface area contributed by atoms with Gasteiger partial charge in [0.05, 0.1) is 37.3 Å². The third-order valence-electron chi connectivity index (χ3n) is 5.71. The number of urea groups is 1. The van der Waals surface area contributed by atoms with Crippen LogP contribution in [0.25, 0.3) is 0 Å². The Bertz CT molecular complexity index is 1290. The van der Waals surface area contributed by atoms with Gasteiger partial charge in [0.15, 0.2) is 0 Å². The first-order valence-corrected chi connectivity index (χ1v) is 13.1. The maximum Gasteiger partial charge on any atom is 0.318 e. The lowest BCUT2D eigenvalue weighted by Gasteiger charge is -2.38. The van der Waals surface area contributed by atoms with Crippen LogP contribution >= 0.6 is 11.6 Å². The number of ether oxygens (including phenoxy) is 1. The maximum absolute atomic E-state index is 13.6. The van der Waals surface area contributed by atoms with Crippen molar-refractivity contribution in [2.75, 3.05) is 45.7 Å². The minimum Gasteiger partial charge on any atom is -0.382 e. The van der Waals surface area contributed by atoms with Crippen molar-refractivity contribution >= 4 is 35.6 Å². The molecule has 0 bridgehead atoms. The smallest absolute Gasteiger partial charge is 0.318 e. The van der Waals surface area contributed by atoms with Crippen molar-refractivity contribution in [3.63, 3.8) is 0 Å². The van der Waals surface area contributed by atoms with Gasteiger partial charge in [0.1, 0.15) is 23.6 Å². The summed E-state index contributed by atoms with van der Waals surface area (Å²) >= 11 is 5.33. The van der Waals surface area contributed by atoms with Crippen LogP contribution in [0.2, 0.25) is 5.02 Å². The highest BCUT2D eigenvalue weighted by Crippen LogP contribution is 2.28. The number of benzene rings is 1. The van der Waals surface area contributed by atoms with Crippen LogP contribution in [0.3, 0.4) is 0 Å². The molecule has 3 heterocycles. The minimum absolute atomic E-state index is 0.0354. The summed E-state index contributed by atoms with van der Waals surface area (Å²) in [5.74, 6) is -3.00. The molecule has 1 atom stereocenters. The molecule has 1 aliphatic rings. The second-order valence-electron chi connectivity index (χ2n) is 8.66. The Morgan fingerprint density at radius 1 is 1.26 bits per heavy atom. The SMILES string of the molecule is CCn1nccc1C(=O)NCC=O.CNc1cc(C(COC)N2CC(F)(F)CNC2=O)ccn1.Fc1ccccc1Cl. The number of aromatic nitrogens is 3. The Labute approximate surface area is 246 Å². The lowest BCUT2D eigenvalue weighted by Crippen LogP contribution is -2.58. The number of alkyl halides is 2. The summed E-state index contributed by atoms with van der Waals surface area (Å²) in [7, 11) is 3.17. The van der Waals surface area contributed by atoms with Gasteiger partial charge in [-0.15, -0.1) is 0 Å². The number of anilines is 1. The molecule has 3 amide bonds. The summed E-state index contributed by atoms with van der Waals surface area (Å²) in [5.41, 5.74) is 1.16. The van der Waals surface area contributed by atoms with Crippen LogP contribution in [0.4, 0.5) is 23.8 Å². The zero-order valence-electron chi connectivity index (χ0n) is 23.3. The molecule has 2 aromatic heterocycles. The highest BCUT2D eigenvalue weighted by molar-refractivity contribution is 6.30. The Hall–Kier alpha value is -4.17. The number of nitrogens with one attached hydrogen (secondary N) is 3. The molecule has 228 valence electrons. The first kappa shape index (κ1) is 34.0. The molecule has 1 aliphatic heterocycles. The molecule has 3 aromatic rings. The molecular formula is C27H33ClF3N7O4. The van der Waals surface area contributed by atoms with Crippen LogP contribution in [0.15, 0.2) is 54.9 Å². The average Bonchev–Trinajstić information content (AvgIpc) is 3.47. The quantitative estimate of drug-likeness (QED) is 0.314. The third-order valence-corrected chi connectivity index (χ3v) is 6.01. The third kappa shape index (κ3) is 10.3. The van der Waals surface area contributed by atoms with E-state index in [0.717, 1.165) is 4.90 Å². The van der Waals surface area contributed by atoms with Crippen LogP contribution in [-0.4, -0.2) is 84.2 Å². The number of aryl methyl sites for hydroxylation is 1. The first-order chi connectivity index (χ1) is 20.1. The zero-order valence-corrected chi connectivity index (χ0v) is 24.1. The van der Waals surface area contributed by atoms with Crippen LogP contribution in [0, 0.1) is 5.82 Å². The number of hydrogen-bond acceptors (Lipinski definition) is 7. The van der Waals surface area contributed by atoms with Gasteiger partial charge in [-0.05, 0) is 42.8 Å². The molecule has 4 rings (SSSR count). The topological polar surface area (TPSA) is 130 Å². The van der Waals surface area contributed by atoms with Crippen molar-refractivity contribution in [1.29, 1.82) is 0 Å². The number of halogens is 4. The molecule has 1 aromatic carbocycles. The Kier molecular flexibility index (Phi) is 13.7. The average molecular weight is 612 g/mol. The minimum atomic E-state index is -2.96. The van der Waals surface area contributed by atoms with E-state index in [0.29, 0.717) is 29.9 Å². The molecule has 0 radical (unpaired) electrons. The molecule has 0 spiro atoms. The highest BCUT2D eigenvalue weighted by atomic mass is 35.5. The summed E-state index contributed by atoms with van der Waals surface area (Å²) in [6.07, 6.45) is 3.76. The van der Waals surface area contributed by atoms with Crippen molar-refractivity contribution < 1.29 is 32.3 Å². The van der Waals surface area contributed by atoms with E-state index in [1.54, 1.807) is 54.5 Å². The van der Waals surface area contributed by atoms with Crippen LogP contribution < -0.4 is 16.0 Å². The van der Waals surface area contributed by atoms with Crippen LogP contribution in [-0.2, 0) is 16.1 Å². The predicted octanol–water partition coefficient (Wildman–Crippen LogP) is 3.78. The van der Waals surface area contributed by atoms with Crippen molar-refractivity contribution in [3.05, 3.63) is 77.0 Å². The Balaban J connectivity index is 0.000000248. The fraction of sp³-hybridized carbons (Fsp3) is 0.370. The molecule has 1 saturated heterocycles. The normalized spacial score (nSPS) is 14.3. The van der Waals surface area contributed by atoms with Crippen LogP contribution in [0.1, 0.15) is 29.0 Å². The fourth-order valence-corrected chi connectivity index (χ4v) is 3.83. The molecule has 0 aliphatic carbocycles. The van der Waals surface area contributed by atoms with E-state index in [-0.39, 0.29) is 29.9 Å². The van der Waals surface area contributed by atoms with Gasteiger partial charge >= 0.3 is 6.03 Å². The number of amides is 3. The van der Waals surface area contributed by atoms with E-state index < -0.39 is 31.1 Å². The van der Waals surface area contributed by atoms with Gasteiger partial charge in [-0.3, -0.25) is 9.48 Å². The summed E-state index contributed by atoms with van der Waals surface area (Å²) in [5, 5.41) is 11.6. The van der Waals surface area contributed by atoms with Crippen LogP contribution in [0.5, 0.6) is 0 Å². The molecule has 3 N–H and O–H groups in total. The highest BCUT2D eigenvalue weighted by Gasteiger charge is 2.42. The number of nitrogens with zero attached hydrogens (tertiary/aromatic N) is 4. The van der Waals surface area contributed by atoms with Gasteiger partial charge in [-0.25, -0.2) is 22.9 Å². The van der Waals surface area contributed by atoms with E-state index in [9.17, 15) is 27.6 Å². The standard InChI is InChI=1S/C13H18F2N4O2.C8H11N3O2.C6H4ClF/c1-16-11-5-9(3-4-17-11)10(6-21-2)19-8-13(14,15)7-18-12(19)20;1-2-11-7(3-4-10-11)8(13)9-5-6-12;7-5-3-1-2-4-6(5)8/h3-5,10H,6-8H2,1-2H3,(H,16,17)(H,18,20);3-4,6H,2,5H2,1H3,(H,9,13);1-4H. The van der Waals surface area contributed by atoms with E-state index >= 15 is 0 Å². The van der Waals surface area contributed by atoms with Crippen molar-refractivity contribution in [1.82, 2.24) is 30.3 Å². The number of pyridine rings is 1. The van der Waals surface area contributed by atoms with Gasteiger partial charge in [0, 0.05) is 33.1 Å². The summed E-state index contributed by atoms with van der Waals surface area (Å²) < 4.78 is 46.0. The predicted molar refractivity (Wildman–Crippen MR) is 151 cm³/mol. The lowest BCUT2D eigenvalue weighted by atomic mass is 10.1. The second kappa shape index (κ2) is 16.9. The summed E-state index contributed by atoms with van der Waals surface area (Å²) in [6.45, 7) is 1.41. The van der Waals surface area contributed by atoms with E-state index in [2.05, 4.69) is 26.0 Å². The Morgan fingerprint density at radius 2 is 2.00 bits per heavy atom. The van der Waals surface area contributed by atoms with Gasteiger partial charge < -0.3 is 30.4 Å². The van der Waals surface area contributed by atoms with Gasteiger partial charge in [0.25, 0.3) is 11.8 Å². The van der Waals surface area contributed by atoms with Crippen molar-refractivity contribution in [2.24, 2.45) is 0 Å². The molecule has 1 fully saturated rings. The molecule has 1 unspecified atom stereocenters. The van der Waals surface area contributed by atoms with Gasteiger partial charge in [0.2, 0.25) is 0 Å². The fourth-order valence-electron chi connectivity index (χ4n) is 3.69. The molecule has 15 heteroatoms. The molecular weight excluding hydrogens is 579 g/mol. The summed E-state index contributed by atoms with van der Waals surface area (Å²) in [4.78, 5) is 38.4. The number of methoxy groups -OCH3 is 1. The number of carbonyl (C=O) groups excluding carboxylic acids is 3. The van der Waals surface area contributed by atoms with E-state index in [4.69, 9.17) is 16.3 Å². The molecule has 42 heavy (non-hydrogen) atoms. The largest absolute Gasteiger partial charge is 0.382 e. The van der Waals surface area contributed by atoms with Gasteiger partial charge in [-0.2, -0.15) is 5.10 Å². The second-order valence-corrected chi connectivity index (χ2v) is 9.07. The Morgan fingerprint density at radius 3 is 2.60 bits per heavy atom. The number of rotatable bonds is 9. The zero-order chi connectivity index (χ0) is 31.1. The van der Waals surface area contributed by atoms with Crippen molar-refractivity contribution in [2.45, 2.75) is 25.4 Å². The van der Waals surface area contributed by atoms with E-state index in [1.165, 1.54) is 19.2 Å². The monoisotopic (exact) mass is 611 g/mol. The molecule has 0 saturated carbocycles. The lowest BCUT2D eigenvalue weighted by molar-refractivity contribution is -0.107.